The van der Waals surface area contributed by atoms with Crippen LogP contribution in [0.2, 0.25) is 5.02 Å². The average molecular weight is 604 g/mol. The molecule has 0 aliphatic carbocycles. The quantitative estimate of drug-likeness (QED) is 0.232. The lowest BCUT2D eigenvalue weighted by molar-refractivity contribution is -0.140. The van der Waals surface area contributed by atoms with Gasteiger partial charge in [0, 0.05) is 34.4 Å². The van der Waals surface area contributed by atoms with Crippen molar-refractivity contribution in [3.05, 3.63) is 75.8 Å². The maximum absolute atomic E-state index is 13.8. The molecule has 5 rings (SSSR count). The highest BCUT2D eigenvalue weighted by Gasteiger charge is 2.35. The number of nitrogens with one attached hydrogen (secondary N) is 1. The molecule has 0 bridgehead atoms. The number of ether oxygens (including phenoxy) is 1. The lowest BCUT2D eigenvalue weighted by Crippen LogP contribution is -2.21. The summed E-state index contributed by atoms with van der Waals surface area (Å²) < 4.78 is 50.1. The Labute approximate surface area is 239 Å². The third-order valence-corrected chi connectivity index (χ3v) is 7.57. The Morgan fingerprint density at radius 1 is 1.12 bits per heavy atom. The summed E-state index contributed by atoms with van der Waals surface area (Å²) in [4.78, 5) is 29.4. The molecule has 4 aromatic heterocycles. The third kappa shape index (κ3) is 5.47. The normalized spacial score (nSPS) is 11.7. The Bertz CT molecular complexity index is 1780. The number of alkyl halides is 3. The molecule has 0 saturated heterocycles. The van der Waals surface area contributed by atoms with Gasteiger partial charge in [-0.05, 0) is 55.8 Å². The van der Waals surface area contributed by atoms with E-state index in [0.29, 0.717) is 39.9 Å². The van der Waals surface area contributed by atoms with E-state index in [1.54, 1.807) is 35.9 Å². The van der Waals surface area contributed by atoms with Crippen molar-refractivity contribution in [1.82, 2.24) is 24.5 Å². The minimum absolute atomic E-state index is 0.0603. The van der Waals surface area contributed by atoms with Gasteiger partial charge in [-0.2, -0.15) is 23.4 Å². The molecule has 212 valence electrons. The van der Waals surface area contributed by atoms with Crippen molar-refractivity contribution in [1.29, 1.82) is 0 Å². The molecule has 1 aromatic carbocycles. The van der Waals surface area contributed by atoms with E-state index in [9.17, 15) is 22.8 Å². The predicted molar refractivity (Wildman–Crippen MR) is 147 cm³/mol. The van der Waals surface area contributed by atoms with Gasteiger partial charge in [-0.25, -0.2) is 9.67 Å². The van der Waals surface area contributed by atoms with Gasteiger partial charge in [0.25, 0.3) is 11.8 Å². The standard InChI is InChI=1S/C26H21ClF3N7O3S/c1-3-36-13(2)17(11-33-36)16-10-19(26(28,29)30)34-25-20(16)21(22(41-25)23(31)38)35-24(39)18-8-9-32-37(18)12-40-15-6-4-14(27)5-7-15/h4-11H,3,12H2,1-2H3,(H2,31,38)(H,35,39). The lowest BCUT2D eigenvalue weighted by Gasteiger charge is -2.13. The smallest absolute Gasteiger partial charge is 0.433 e. The number of aryl methyl sites for hydroxylation is 1. The number of anilines is 1. The number of benzene rings is 1. The van der Waals surface area contributed by atoms with Crippen molar-refractivity contribution < 1.29 is 27.5 Å². The summed E-state index contributed by atoms with van der Waals surface area (Å²) in [5.74, 6) is -1.16. The molecular weight excluding hydrogens is 583 g/mol. The monoisotopic (exact) mass is 603 g/mol. The Morgan fingerprint density at radius 2 is 1.85 bits per heavy atom. The van der Waals surface area contributed by atoms with E-state index in [4.69, 9.17) is 22.1 Å². The second-order valence-corrected chi connectivity index (χ2v) is 10.2. The Hall–Kier alpha value is -4.43. The highest BCUT2D eigenvalue weighted by Crippen LogP contribution is 2.44. The van der Waals surface area contributed by atoms with E-state index >= 15 is 0 Å². The molecule has 15 heteroatoms. The SMILES string of the molecule is CCn1ncc(-c2cc(C(F)(F)F)nc3sc(C(N)=O)c(NC(=O)c4ccnn4COc4ccc(Cl)cc4)c23)c1C. The van der Waals surface area contributed by atoms with Crippen molar-refractivity contribution in [3.63, 3.8) is 0 Å². The summed E-state index contributed by atoms with van der Waals surface area (Å²) in [6.45, 7) is 3.90. The van der Waals surface area contributed by atoms with Crippen LogP contribution in [0.1, 0.15) is 38.5 Å². The second kappa shape index (κ2) is 10.9. The number of pyridine rings is 1. The fraction of sp³-hybridized carbons (Fsp3) is 0.192. The predicted octanol–water partition coefficient (Wildman–Crippen LogP) is 5.74. The van der Waals surface area contributed by atoms with Crippen LogP contribution in [0.3, 0.4) is 0 Å². The maximum Gasteiger partial charge on any atom is 0.433 e. The van der Waals surface area contributed by atoms with Gasteiger partial charge in [-0.3, -0.25) is 14.3 Å². The number of hydrogen-bond acceptors (Lipinski definition) is 7. The van der Waals surface area contributed by atoms with Gasteiger partial charge in [0.15, 0.2) is 6.73 Å². The number of nitrogens with zero attached hydrogens (tertiary/aromatic N) is 5. The van der Waals surface area contributed by atoms with Gasteiger partial charge in [0.1, 0.15) is 26.8 Å². The number of aromatic nitrogens is 5. The largest absolute Gasteiger partial charge is 0.471 e. The summed E-state index contributed by atoms with van der Waals surface area (Å²) in [6.07, 6.45) is -1.95. The van der Waals surface area contributed by atoms with Crippen LogP contribution < -0.4 is 15.8 Å². The first kappa shape index (κ1) is 28.1. The van der Waals surface area contributed by atoms with E-state index in [0.717, 1.165) is 6.07 Å². The Balaban J connectivity index is 1.59. The minimum atomic E-state index is -4.77. The molecule has 5 aromatic rings. The molecule has 4 heterocycles. The number of hydrogen-bond donors (Lipinski definition) is 2. The van der Waals surface area contributed by atoms with E-state index in [-0.39, 0.29) is 38.8 Å². The fourth-order valence-corrected chi connectivity index (χ4v) is 5.38. The summed E-state index contributed by atoms with van der Waals surface area (Å²) in [5, 5.41) is 11.7. The minimum Gasteiger partial charge on any atom is -0.471 e. The Kier molecular flexibility index (Phi) is 7.44. The van der Waals surface area contributed by atoms with E-state index in [1.807, 2.05) is 6.92 Å². The number of nitrogens with two attached hydrogens (primary N) is 1. The van der Waals surface area contributed by atoms with Gasteiger partial charge in [-0.1, -0.05) is 11.6 Å². The van der Waals surface area contributed by atoms with Crippen LogP contribution in [0.15, 0.2) is 48.8 Å². The summed E-state index contributed by atoms with van der Waals surface area (Å²) in [5.41, 5.74) is 5.52. The third-order valence-electron chi connectivity index (χ3n) is 6.22. The van der Waals surface area contributed by atoms with Crippen molar-refractivity contribution in [2.75, 3.05) is 5.32 Å². The summed E-state index contributed by atoms with van der Waals surface area (Å²) >= 11 is 6.55. The van der Waals surface area contributed by atoms with Crippen LogP contribution in [-0.2, 0) is 19.5 Å². The molecule has 0 aliphatic rings. The number of carbonyl (C=O) groups excluding carboxylic acids is 2. The van der Waals surface area contributed by atoms with Gasteiger partial charge in [-0.15, -0.1) is 11.3 Å². The van der Waals surface area contributed by atoms with Crippen molar-refractivity contribution >= 4 is 50.7 Å². The van der Waals surface area contributed by atoms with Crippen LogP contribution in [0.4, 0.5) is 18.9 Å². The molecule has 3 N–H and O–H groups in total. The molecule has 2 amide bonds. The Morgan fingerprint density at radius 3 is 2.49 bits per heavy atom. The van der Waals surface area contributed by atoms with Crippen molar-refractivity contribution in [3.8, 4) is 16.9 Å². The molecule has 0 spiro atoms. The first-order chi connectivity index (χ1) is 19.5. The topological polar surface area (TPSA) is 130 Å². The first-order valence-electron chi connectivity index (χ1n) is 12.1. The number of amides is 2. The van der Waals surface area contributed by atoms with Crippen LogP contribution in [-0.4, -0.2) is 36.4 Å². The van der Waals surface area contributed by atoms with Gasteiger partial charge in [0.05, 0.1) is 11.9 Å². The van der Waals surface area contributed by atoms with Crippen LogP contribution in [0.25, 0.3) is 21.3 Å². The molecule has 0 saturated carbocycles. The van der Waals surface area contributed by atoms with E-state index in [1.165, 1.54) is 23.1 Å². The molecule has 0 atom stereocenters. The summed E-state index contributed by atoms with van der Waals surface area (Å²) in [6, 6.07) is 8.88. The molecule has 0 aliphatic heterocycles. The van der Waals surface area contributed by atoms with Crippen LogP contribution in [0.5, 0.6) is 5.75 Å². The van der Waals surface area contributed by atoms with E-state index in [2.05, 4.69) is 20.5 Å². The van der Waals surface area contributed by atoms with Crippen LogP contribution >= 0.6 is 22.9 Å². The number of primary amides is 1. The first-order valence-corrected chi connectivity index (χ1v) is 13.3. The van der Waals surface area contributed by atoms with Gasteiger partial charge in [0.2, 0.25) is 0 Å². The van der Waals surface area contributed by atoms with E-state index < -0.39 is 23.7 Å². The summed E-state index contributed by atoms with van der Waals surface area (Å²) in [7, 11) is 0. The molecule has 0 unspecified atom stereocenters. The zero-order chi connectivity index (χ0) is 29.5. The maximum atomic E-state index is 13.8. The van der Waals surface area contributed by atoms with Crippen molar-refractivity contribution in [2.24, 2.45) is 5.73 Å². The molecule has 10 nitrogen and oxygen atoms in total. The highest BCUT2D eigenvalue weighted by atomic mass is 35.5. The van der Waals surface area contributed by atoms with Crippen molar-refractivity contribution in [2.45, 2.75) is 33.3 Å². The zero-order valence-electron chi connectivity index (χ0n) is 21.5. The molecule has 0 radical (unpaired) electrons. The van der Waals surface area contributed by atoms with Gasteiger partial charge >= 0.3 is 6.18 Å². The molecule has 0 fully saturated rings. The molecule has 41 heavy (non-hydrogen) atoms. The second-order valence-electron chi connectivity index (χ2n) is 8.76. The number of rotatable bonds is 8. The lowest BCUT2D eigenvalue weighted by atomic mass is 10.0. The number of fused-ring (bicyclic) bond motifs is 1. The van der Waals surface area contributed by atoms with Crippen LogP contribution in [0, 0.1) is 6.92 Å². The average Bonchev–Trinajstić information content (AvgIpc) is 3.64. The number of thiophene rings is 1. The van der Waals surface area contributed by atoms with Gasteiger partial charge < -0.3 is 15.8 Å². The molecular formula is C26H21ClF3N7O3S. The highest BCUT2D eigenvalue weighted by molar-refractivity contribution is 7.21. The number of halogens is 4. The number of carbonyl (C=O) groups is 2. The fourth-order valence-electron chi connectivity index (χ4n) is 4.25. The zero-order valence-corrected chi connectivity index (χ0v) is 23.1.